The third kappa shape index (κ3) is 3.19. The number of rotatable bonds is 6. The molecule has 0 spiro atoms. The van der Waals surface area contributed by atoms with Crippen LogP contribution in [-0.2, 0) is 9.47 Å². The summed E-state index contributed by atoms with van der Waals surface area (Å²) in [5, 5.41) is 3.22. The minimum atomic E-state index is 0.184. The Balaban J connectivity index is 1.69. The minimum absolute atomic E-state index is 0.184. The Kier molecular flexibility index (Phi) is 4.62. The van der Waals surface area contributed by atoms with E-state index < -0.39 is 0 Å². The van der Waals surface area contributed by atoms with Gasteiger partial charge in [0.05, 0.1) is 18.3 Å². The average molecular weight is 227 g/mol. The van der Waals surface area contributed by atoms with Gasteiger partial charge < -0.3 is 14.8 Å². The molecular weight excluding hydrogens is 202 g/mol. The first-order valence-electron chi connectivity index (χ1n) is 6.75. The lowest BCUT2D eigenvalue weighted by atomic mass is 9.77. The van der Waals surface area contributed by atoms with Gasteiger partial charge in [-0.15, -0.1) is 0 Å². The highest BCUT2D eigenvalue weighted by Crippen LogP contribution is 2.38. The van der Waals surface area contributed by atoms with Crippen molar-refractivity contribution in [3.05, 3.63) is 0 Å². The van der Waals surface area contributed by atoms with E-state index in [0.717, 1.165) is 26.2 Å². The van der Waals surface area contributed by atoms with Crippen molar-refractivity contribution in [1.82, 2.24) is 5.32 Å². The van der Waals surface area contributed by atoms with Crippen molar-refractivity contribution < 1.29 is 9.47 Å². The molecular formula is C13H25NO2. The zero-order valence-corrected chi connectivity index (χ0v) is 10.5. The molecule has 2 aliphatic rings. The topological polar surface area (TPSA) is 30.5 Å². The van der Waals surface area contributed by atoms with E-state index in [0.29, 0.717) is 6.10 Å². The first kappa shape index (κ1) is 12.3. The smallest absolute Gasteiger partial charge is 0.0808 e. The van der Waals surface area contributed by atoms with E-state index in [9.17, 15) is 0 Å². The molecule has 1 N–H and O–H groups in total. The second-order valence-electron chi connectivity index (χ2n) is 5.19. The van der Waals surface area contributed by atoms with E-state index in [1.165, 1.54) is 38.5 Å². The average Bonchev–Trinajstić information content (AvgIpc) is 2.29. The van der Waals surface area contributed by atoms with Crippen LogP contribution in [0.25, 0.3) is 0 Å². The van der Waals surface area contributed by atoms with Crippen molar-refractivity contribution in [2.45, 2.75) is 56.7 Å². The second-order valence-corrected chi connectivity index (χ2v) is 5.19. The quantitative estimate of drug-likeness (QED) is 0.754. The van der Waals surface area contributed by atoms with Crippen molar-refractivity contribution in [2.75, 3.05) is 26.8 Å². The molecule has 2 fully saturated rings. The number of ether oxygens (including phenoxy) is 2. The first-order chi connectivity index (χ1) is 7.85. The third-order valence-corrected chi connectivity index (χ3v) is 3.94. The molecule has 3 nitrogen and oxygen atoms in total. The summed E-state index contributed by atoms with van der Waals surface area (Å²) in [7, 11) is 2.01. The van der Waals surface area contributed by atoms with E-state index in [4.69, 9.17) is 9.47 Å². The van der Waals surface area contributed by atoms with E-state index in [2.05, 4.69) is 5.32 Å². The standard InChI is InChI=1S/C13H25NO2/c1-14-9-8-13(6-4-7-13)16-11-12-5-2-3-10-15-12/h12,14H,2-11H2,1H3. The summed E-state index contributed by atoms with van der Waals surface area (Å²) in [5.74, 6) is 0. The zero-order chi connectivity index (χ0) is 11.3. The molecule has 0 bridgehead atoms. The molecule has 94 valence electrons. The van der Waals surface area contributed by atoms with E-state index >= 15 is 0 Å². The van der Waals surface area contributed by atoms with Gasteiger partial charge in [0, 0.05) is 6.61 Å². The molecule has 0 aromatic carbocycles. The maximum Gasteiger partial charge on any atom is 0.0808 e. The third-order valence-electron chi connectivity index (χ3n) is 3.94. The van der Waals surface area contributed by atoms with Gasteiger partial charge in [0.1, 0.15) is 0 Å². The van der Waals surface area contributed by atoms with Gasteiger partial charge in [-0.2, -0.15) is 0 Å². The predicted octanol–water partition coefficient (Wildman–Crippen LogP) is 2.10. The van der Waals surface area contributed by atoms with Gasteiger partial charge in [0.25, 0.3) is 0 Å². The molecule has 2 rings (SSSR count). The Bertz CT molecular complexity index is 198. The SMILES string of the molecule is CNCCC1(OCC2CCCCO2)CCC1. The molecule has 1 saturated heterocycles. The molecule has 3 heteroatoms. The van der Waals surface area contributed by atoms with Gasteiger partial charge in [-0.1, -0.05) is 0 Å². The number of nitrogens with one attached hydrogen (secondary N) is 1. The fourth-order valence-electron chi connectivity index (χ4n) is 2.60. The van der Waals surface area contributed by atoms with Crippen LogP contribution in [0.1, 0.15) is 44.9 Å². The molecule has 1 heterocycles. The summed E-state index contributed by atoms with van der Waals surface area (Å²) in [6.07, 6.45) is 9.02. The molecule has 0 radical (unpaired) electrons. The maximum atomic E-state index is 6.14. The van der Waals surface area contributed by atoms with E-state index in [-0.39, 0.29) is 5.60 Å². The summed E-state index contributed by atoms with van der Waals surface area (Å²) >= 11 is 0. The first-order valence-corrected chi connectivity index (χ1v) is 6.75. The van der Waals surface area contributed by atoms with Gasteiger partial charge in [0.2, 0.25) is 0 Å². The lowest BCUT2D eigenvalue weighted by molar-refractivity contribution is -0.143. The van der Waals surface area contributed by atoms with Crippen molar-refractivity contribution in [2.24, 2.45) is 0 Å². The number of hydrogen-bond donors (Lipinski definition) is 1. The molecule has 0 aromatic heterocycles. The molecule has 16 heavy (non-hydrogen) atoms. The van der Waals surface area contributed by atoms with Crippen LogP contribution in [0.15, 0.2) is 0 Å². The van der Waals surface area contributed by atoms with Crippen molar-refractivity contribution in [1.29, 1.82) is 0 Å². The molecule has 0 aromatic rings. The summed E-state index contributed by atoms with van der Waals surface area (Å²) in [5.41, 5.74) is 0.184. The Labute approximate surface area is 98.9 Å². The molecule has 1 aliphatic carbocycles. The summed E-state index contributed by atoms with van der Waals surface area (Å²) < 4.78 is 11.8. The highest BCUT2D eigenvalue weighted by atomic mass is 16.5. The lowest BCUT2D eigenvalue weighted by Gasteiger charge is -2.43. The largest absolute Gasteiger partial charge is 0.376 e. The number of hydrogen-bond acceptors (Lipinski definition) is 3. The van der Waals surface area contributed by atoms with Gasteiger partial charge in [-0.3, -0.25) is 0 Å². The van der Waals surface area contributed by atoms with Crippen LogP contribution in [-0.4, -0.2) is 38.5 Å². The molecule has 1 atom stereocenters. The van der Waals surface area contributed by atoms with Gasteiger partial charge in [0.15, 0.2) is 0 Å². The Morgan fingerprint density at radius 2 is 2.19 bits per heavy atom. The molecule has 1 saturated carbocycles. The Morgan fingerprint density at radius 3 is 2.75 bits per heavy atom. The van der Waals surface area contributed by atoms with Crippen molar-refractivity contribution in [3.63, 3.8) is 0 Å². The second kappa shape index (κ2) is 5.99. The summed E-state index contributed by atoms with van der Waals surface area (Å²) in [6.45, 7) is 2.80. The van der Waals surface area contributed by atoms with E-state index in [1.807, 2.05) is 7.05 Å². The summed E-state index contributed by atoms with van der Waals surface area (Å²) in [4.78, 5) is 0. The van der Waals surface area contributed by atoms with Crippen LogP contribution >= 0.6 is 0 Å². The normalized spacial score (nSPS) is 28.7. The monoisotopic (exact) mass is 227 g/mol. The Morgan fingerprint density at radius 1 is 1.31 bits per heavy atom. The van der Waals surface area contributed by atoms with Crippen LogP contribution in [0.2, 0.25) is 0 Å². The fraction of sp³-hybridized carbons (Fsp3) is 1.00. The highest BCUT2D eigenvalue weighted by Gasteiger charge is 2.38. The van der Waals surface area contributed by atoms with Crippen LogP contribution in [0.4, 0.5) is 0 Å². The highest BCUT2D eigenvalue weighted by molar-refractivity contribution is 4.90. The fourth-order valence-corrected chi connectivity index (χ4v) is 2.60. The van der Waals surface area contributed by atoms with Crippen LogP contribution in [0.3, 0.4) is 0 Å². The van der Waals surface area contributed by atoms with Crippen LogP contribution in [0.5, 0.6) is 0 Å². The van der Waals surface area contributed by atoms with E-state index in [1.54, 1.807) is 0 Å². The maximum absolute atomic E-state index is 6.14. The van der Waals surface area contributed by atoms with Gasteiger partial charge in [-0.05, 0) is 58.5 Å². The van der Waals surface area contributed by atoms with Crippen molar-refractivity contribution in [3.8, 4) is 0 Å². The van der Waals surface area contributed by atoms with Crippen molar-refractivity contribution >= 4 is 0 Å². The minimum Gasteiger partial charge on any atom is -0.376 e. The lowest BCUT2D eigenvalue weighted by Crippen LogP contribution is -2.44. The summed E-state index contributed by atoms with van der Waals surface area (Å²) in [6, 6.07) is 0. The van der Waals surface area contributed by atoms with Gasteiger partial charge >= 0.3 is 0 Å². The Hall–Kier alpha value is -0.120. The van der Waals surface area contributed by atoms with Crippen LogP contribution < -0.4 is 5.32 Å². The predicted molar refractivity (Wildman–Crippen MR) is 64.7 cm³/mol. The molecule has 1 unspecified atom stereocenters. The molecule has 1 aliphatic heterocycles. The molecule has 0 amide bonds. The zero-order valence-electron chi connectivity index (χ0n) is 10.5. The van der Waals surface area contributed by atoms with Gasteiger partial charge in [-0.25, -0.2) is 0 Å². The van der Waals surface area contributed by atoms with Crippen LogP contribution in [0, 0.1) is 0 Å².